The first-order valence-electron chi connectivity index (χ1n) is 6.40. The van der Waals surface area contributed by atoms with Crippen LogP contribution >= 0.6 is 0 Å². The third kappa shape index (κ3) is 3.82. The van der Waals surface area contributed by atoms with E-state index in [1.54, 1.807) is 18.2 Å². The maximum atomic E-state index is 10.8. The summed E-state index contributed by atoms with van der Waals surface area (Å²) >= 11 is 0. The standard InChI is InChI=1S/C14H19NO3/c16-14(17)12-4-1-3-11(9-12)10-15-7-6-13-5-2-8-18-13/h1,3-4,9,13,15H,2,5-8,10H2,(H,16,17). The van der Waals surface area contributed by atoms with Crippen LogP contribution in [0.3, 0.4) is 0 Å². The molecule has 4 nitrogen and oxygen atoms in total. The normalized spacial score (nSPS) is 19.0. The number of benzene rings is 1. The monoisotopic (exact) mass is 249 g/mol. The Hall–Kier alpha value is -1.39. The Balaban J connectivity index is 1.72. The summed E-state index contributed by atoms with van der Waals surface area (Å²) in [6, 6.07) is 7.03. The Morgan fingerprint density at radius 2 is 2.39 bits per heavy atom. The van der Waals surface area contributed by atoms with Gasteiger partial charge in [0, 0.05) is 13.2 Å². The van der Waals surface area contributed by atoms with E-state index in [0.717, 1.165) is 31.6 Å². The topological polar surface area (TPSA) is 58.6 Å². The second-order valence-electron chi connectivity index (χ2n) is 4.61. The third-order valence-corrected chi connectivity index (χ3v) is 3.17. The van der Waals surface area contributed by atoms with E-state index in [0.29, 0.717) is 18.2 Å². The average Bonchev–Trinajstić information content (AvgIpc) is 2.88. The maximum Gasteiger partial charge on any atom is 0.335 e. The fraction of sp³-hybridized carbons (Fsp3) is 0.500. The average molecular weight is 249 g/mol. The van der Waals surface area contributed by atoms with E-state index < -0.39 is 5.97 Å². The minimum atomic E-state index is -0.879. The summed E-state index contributed by atoms with van der Waals surface area (Å²) in [4.78, 5) is 10.8. The van der Waals surface area contributed by atoms with Crippen LogP contribution in [-0.2, 0) is 11.3 Å². The first-order chi connectivity index (χ1) is 8.75. The zero-order valence-electron chi connectivity index (χ0n) is 10.4. The van der Waals surface area contributed by atoms with Crippen LogP contribution in [0.1, 0.15) is 35.2 Å². The highest BCUT2D eigenvalue weighted by atomic mass is 16.5. The van der Waals surface area contributed by atoms with Crippen molar-refractivity contribution < 1.29 is 14.6 Å². The first kappa shape index (κ1) is 13.1. The molecule has 0 radical (unpaired) electrons. The minimum absolute atomic E-state index is 0.341. The predicted octanol–water partition coefficient (Wildman–Crippen LogP) is 2.04. The van der Waals surface area contributed by atoms with Crippen LogP contribution < -0.4 is 5.32 Å². The number of aromatic carboxylic acids is 1. The van der Waals surface area contributed by atoms with Crippen LogP contribution in [-0.4, -0.2) is 30.3 Å². The highest BCUT2D eigenvalue weighted by Crippen LogP contribution is 2.14. The van der Waals surface area contributed by atoms with Crippen molar-refractivity contribution in [3.8, 4) is 0 Å². The van der Waals surface area contributed by atoms with Gasteiger partial charge in [0.15, 0.2) is 0 Å². The molecule has 4 heteroatoms. The van der Waals surface area contributed by atoms with E-state index in [1.807, 2.05) is 6.07 Å². The Morgan fingerprint density at radius 3 is 3.11 bits per heavy atom. The molecule has 1 aliphatic rings. The fourth-order valence-electron chi connectivity index (χ4n) is 2.18. The molecule has 0 saturated carbocycles. The summed E-state index contributed by atoms with van der Waals surface area (Å²) < 4.78 is 5.54. The first-order valence-corrected chi connectivity index (χ1v) is 6.40. The van der Waals surface area contributed by atoms with Crippen LogP contribution in [0, 0.1) is 0 Å². The second-order valence-corrected chi connectivity index (χ2v) is 4.61. The summed E-state index contributed by atoms with van der Waals surface area (Å²) in [5.74, 6) is -0.879. The van der Waals surface area contributed by atoms with Gasteiger partial charge in [0.2, 0.25) is 0 Å². The van der Waals surface area contributed by atoms with Crippen molar-refractivity contribution >= 4 is 5.97 Å². The van der Waals surface area contributed by atoms with Crippen LogP contribution in [0.2, 0.25) is 0 Å². The van der Waals surface area contributed by atoms with Gasteiger partial charge in [-0.3, -0.25) is 0 Å². The predicted molar refractivity (Wildman–Crippen MR) is 68.7 cm³/mol. The van der Waals surface area contributed by atoms with Gasteiger partial charge in [-0.15, -0.1) is 0 Å². The lowest BCUT2D eigenvalue weighted by atomic mass is 10.1. The molecule has 1 atom stereocenters. The molecular weight excluding hydrogens is 230 g/mol. The molecule has 1 aromatic rings. The van der Waals surface area contributed by atoms with Crippen molar-refractivity contribution in [3.63, 3.8) is 0 Å². The number of carbonyl (C=O) groups is 1. The summed E-state index contributed by atoms with van der Waals surface area (Å²) in [6.45, 7) is 2.50. The lowest BCUT2D eigenvalue weighted by molar-refractivity contribution is 0.0696. The van der Waals surface area contributed by atoms with Gasteiger partial charge in [0.05, 0.1) is 11.7 Å². The van der Waals surface area contributed by atoms with Gasteiger partial charge in [-0.2, -0.15) is 0 Å². The summed E-state index contributed by atoms with van der Waals surface area (Å²) in [5.41, 5.74) is 1.34. The van der Waals surface area contributed by atoms with Gasteiger partial charge in [0.1, 0.15) is 0 Å². The van der Waals surface area contributed by atoms with Crippen molar-refractivity contribution in [2.75, 3.05) is 13.2 Å². The number of carboxylic acids is 1. The van der Waals surface area contributed by atoms with Crippen LogP contribution in [0.25, 0.3) is 0 Å². The van der Waals surface area contributed by atoms with E-state index in [4.69, 9.17) is 9.84 Å². The zero-order valence-corrected chi connectivity index (χ0v) is 10.4. The number of hydrogen-bond donors (Lipinski definition) is 2. The zero-order chi connectivity index (χ0) is 12.8. The van der Waals surface area contributed by atoms with Crippen molar-refractivity contribution in [2.45, 2.75) is 31.9 Å². The molecule has 98 valence electrons. The quantitative estimate of drug-likeness (QED) is 0.757. The van der Waals surface area contributed by atoms with Crippen molar-refractivity contribution in [2.24, 2.45) is 0 Å². The van der Waals surface area contributed by atoms with E-state index in [-0.39, 0.29) is 0 Å². The molecule has 0 aliphatic carbocycles. The number of nitrogens with one attached hydrogen (secondary N) is 1. The Bertz CT molecular complexity index is 400. The lowest BCUT2D eigenvalue weighted by Crippen LogP contribution is -2.20. The van der Waals surface area contributed by atoms with Crippen molar-refractivity contribution in [3.05, 3.63) is 35.4 Å². The van der Waals surface area contributed by atoms with E-state index in [9.17, 15) is 4.79 Å². The Morgan fingerprint density at radius 1 is 1.50 bits per heavy atom. The van der Waals surface area contributed by atoms with Gasteiger partial charge >= 0.3 is 5.97 Å². The molecule has 2 rings (SSSR count). The molecule has 0 bridgehead atoms. The van der Waals surface area contributed by atoms with Gasteiger partial charge in [-0.25, -0.2) is 4.79 Å². The number of carboxylic acid groups (broad SMARTS) is 1. The SMILES string of the molecule is O=C(O)c1cccc(CNCCC2CCCO2)c1. The molecule has 1 aliphatic heterocycles. The van der Waals surface area contributed by atoms with Crippen molar-refractivity contribution in [1.82, 2.24) is 5.32 Å². The van der Waals surface area contributed by atoms with Crippen molar-refractivity contribution in [1.29, 1.82) is 0 Å². The summed E-state index contributed by atoms with van der Waals surface area (Å²) in [5, 5.41) is 12.2. The molecule has 0 spiro atoms. The molecule has 1 heterocycles. The molecule has 0 amide bonds. The number of hydrogen-bond acceptors (Lipinski definition) is 3. The van der Waals surface area contributed by atoms with E-state index >= 15 is 0 Å². The molecule has 1 fully saturated rings. The molecule has 0 aromatic heterocycles. The minimum Gasteiger partial charge on any atom is -0.478 e. The third-order valence-electron chi connectivity index (χ3n) is 3.17. The fourth-order valence-corrected chi connectivity index (χ4v) is 2.18. The van der Waals surface area contributed by atoms with Crippen LogP contribution in [0.4, 0.5) is 0 Å². The van der Waals surface area contributed by atoms with Gasteiger partial charge in [0.25, 0.3) is 0 Å². The molecule has 2 N–H and O–H groups in total. The molecule has 1 saturated heterocycles. The molecular formula is C14H19NO3. The lowest BCUT2D eigenvalue weighted by Gasteiger charge is -2.10. The van der Waals surface area contributed by atoms with Crippen LogP contribution in [0.15, 0.2) is 24.3 Å². The summed E-state index contributed by atoms with van der Waals surface area (Å²) in [7, 11) is 0. The molecule has 18 heavy (non-hydrogen) atoms. The highest BCUT2D eigenvalue weighted by Gasteiger charge is 2.14. The maximum absolute atomic E-state index is 10.8. The van der Waals surface area contributed by atoms with Gasteiger partial charge in [-0.1, -0.05) is 12.1 Å². The largest absolute Gasteiger partial charge is 0.478 e. The number of ether oxygens (including phenoxy) is 1. The molecule has 1 aromatic carbocycles. The number of rotatable bonds is 6. The Labute approximate surface area is 107 Å². The summed E-state index contributed by atoms with van der Waals surface area (Å²) in [6.07, 6.45) is 3.77. The molecule has 1 unspecified atom stereocenters. The van der Waals surface area contributed by atoms with E-state index in [2.05, 4.69) is 5.32 Å². The van der Waals surface area contributed by atoms with Gasteiger partial charge < -0.3 is 15.2 Å². The van der Waals surface area contributed by atoms with Gasteiger partial charge in [-0.05, 0) is 43.5 Å². The smallest absolute Gasteiger partial charge is 0.335 e. The Kier molecular flexibility index (Phi) is 4.73. The van der Waals surface area contributed by atoms with E-state index in [1.165, 1.54) is 6.42 Å². The van der Waals surface area contributed by atoms with Crippen LogP contribution in [0.5, 0.6) is 0 Å². The second kappa shape index (κ2) is 6.52. The highest BCUT2D eigenvalue weighted by molar-refractivity contribution is 5.87.